The SMILES string of the molecule is CC(=O)Oc1ccc(-c2cc(C(N)=O)nc3[nH]ncc23)cc1. The Kier molecular flexibility index (Phi) is 3.30. The molecule has 0 saturated carbocycles. The van der Waals surface area contributed by atoms with Crippen molar-refractivity contribution in [1.29, 1.82) is 0 Å². The normalized spacial score (nSPS) is 10.6. The third-order valence-electron chi connectivity index (χ3n) is 3.10. The van der Waals surface area contributed by atoms with Crippen LogP contribution >= 0.6 is 0 Å². The van der Waals surface area contributed by atoms with Gasteiger partial charge in [0.25, 0.3) is 5.91 Å². The van der Waals surface area contributed by atoms with Crippen molar-refractivity contribution in [3.8, 4) is 16.9 Å². The van der Waals surface area contributed by atoms with E-state index in [9.17, 15) is 9.59 Å². The summed E-state index contributed by atoms with van der Waals surface area (Å²) in [7, 11) is 0. The quantitative estimate of drug-likeness (QED) is 0.564. The highest BCUT2D eigenvalue weighted by Gasteiger charge is 2.12. The third-order valence-corrected chi connectivity index (χ3v) is 3.10. The maximum atomic E-state index is 11.4. The van der Waals surface area contributed by atoms with E-state index in [1.165, 1.54) is 6.92 Å². The van der Waals surface area contributed by atoms with E-state index in [4.69, 9.17) is 10.5 Å². The summed E-state index contributed by atoms with van der Waals surface area (Å²) in [6.45, 7) is 1.34. The fraction of sp³-hybridized carbons (Fsp3) is 0.0667. The number of carbonyl (C=O) groups is 2. The van der Waals surface area contributed by atoms with E-state index in [0.29, 0.717) is 11.4 Å². The number of amides is 1. The molecule has 22 heavy (non-hydrogen) atoms. The number of hydrogen-bond donors (Lipinski definition) is 2. The zero-order valence-electron chi connectivity index (χ0n) is 11.7. The second kappa shape index (κ2) is 5.28. The van der Waals surface area contributed by atoms with Crippen molar-refractivity contribution < 1.29 is 14.3 Å². The average molecular weight is 296 g/mol. The van der Waals surface area contributed by atoms with Gasteiger partial charge in [0, 0.05) is 12.3 Å². The fourth-order valence-electron chi connectivity index (χ4n) is 2.16. The van der Waals surface area contributed by atoms with E-state index in [-0.39, 0.29) is 11.7 Å². The molecule has 0 saturated heterocycles. The molecule has 2 heterocycles. The summed E-state index contributed by atoms with van der Waals surface area (Å²) in [5.41, 5.74) is 7.53. The van der Waals surface area contributed by atoms with Crippen molar-refractivity contribution >= 4 is 22.9 Å². The van der Waals surface area contributed by atoms with Gasteiger partial charge >= 0.3 is 5.97 Å². The highest BCUT2D eigenvalue weighted by Crippen LogP contribution is 2.29. The molecule has 0 unspecified atom stereocenters. The van der Waals surface area contributed by atoms with Gasteiger partial charge in [-0.15, -0.1) is 0 Å². The number of pyridine rings is 1. The van der Waals surface area contributed by atoms with Gasteiger partial charge in [-0.05, 0) is 29.3 Å². The molecule has 0 spiro atoms. The molecular weight excluding hydrogens is 284 g/mol. The number of nitrogens with two attached hydrogens (primary N) is 1. The third kappa shape index (κ3) is 2.51. The minimum absolute atomic E-state index is 0.149. The van der Waals surface area contributed by atoms with Gasteiger partial charge < -0.3 is 10.5 Å². The van der Waals surface area contributed by atoms with Crippen molar-refractivity contribution in [2.24, 2.45) is 5.73 Å². The number of nitrogens with zero attached hydrogens (tertiary/aromatic N) is 2. The zero-order valence-corrected chi connectivity index (χ0v) is 11.7. The van der Waals surface area contributed by atoms with Crippen molar-refractivity contribution in [2.75, 3.05) is 0 Å². The summed E-state index contributed by atoms with van der Waals surface area (Å²) >= 11 is 0. The molecule has 0 aliphatic heterocycles. The summed E-state index contributed by atoms with van der Waals surface area (Å²) < 4.78 is 5.00. The lowest BCUT2D eigenvalue weighted by molar-refractivity contribution is -0.131. The van der Waals surface area contributed by atoms with Gasteiger partial charge in [-0.25, -0.2) is 4.98 Å². The maximum absolute atomic E-state index is 11.4. The summed E-state index contributed by atoms with van der Waals surface area (Å²) in [5.74, 6) is -0.553. The van der Waals surface area contributed by atoms with Crippen LogP contribution in [0.15, 0.2) is 36.5 Å². The number of carbonyl (C=O) groups excluding carboxylic acids is 2. The second-order valence-corrected chi connectivity index (χ2v) is 4.67. The molecule has 0 aliphatic rings. The first-order valence-electron chi connectivity index (χ1n) is 6.47. The van der Waals surface area contributed by atoms with Gasteiger partial charge in [-0.2, -0.15) is 5.10 Å². The van der Waals surface area contributed by atoms with Crippen LogP contribution in [0.1, 0.15) is 17.4 Å². The number of aromatic amines is 1. The smallest absolute Gasteiger partial charge is 0.308 e. The van der Waals surface area contributed by atoms with Crippen LogP contribution in [0.3, 0.4) is 0 Å². The number of hydrogen-bond acceptors (Lipinski definition) is 5. The van der Waals surface area contributed by atoms with Crippen LogP contribution in [-0.4, -0.2) is 27.1 Å². The number of ether oxygens (including phenoxy) is 1. The number of H-pyrrole nitrogens is 1. The van der Waals surface area contributed by atoms with E-state index < -0.39 is 5.91 Å². The Morgan fingerprint density at radius 3 is 2.59 bits per heavy atom. The lowest BCUT2D eigenvalue weighted by atomic mass is 10.0. The molecule has 0 atom stereocenters. The molecule has 0 bridgehead atoms. The van der Waals surface area contributed by atoms with E-state index in [1.807, 2.05) is 0 Å². The van der Waals surface area contributed by atoms with Gasteiger partial charge in [-0.3, -0.25) is 14.7 Å². The second-order valence-electron chi connectivity index (χ2n) is 4.67. The number of primary amides is 1. The summed E-state index contributed by atoms with van der Waals surface area (Å²) in [6.07, 6.45) is 1.63. The first kappa shape index (κ1) is 13.7. The first-order valence-corrected chi connectivity index (χ1v) is 6.47. The highest BCUT2D eigenvalue weighted by molar-refractivity contribution is 5.99. The lowest BCUT2D eigenvalue weighted by Gasteiger charge is -2.07. The van der Waals surface area contributed by atoms with Crippen LogP contribution in [0.2, 0.25) is 0 Å². The largest absolute Gasteiger partial charge is 0.427 e. The van der Waals surface area contributed by atoms with Gasteiger partial charge in [0.05, 0.1) is 6.20 Å². The number of aromatic nitrogens is 3. The Balaban J connectivity index is 2.10. The topological polar surface area (TPSA) is 111 Å². The molecular formula is C15H12N4O3. The van der Waals surface area contributed by atoms with Crippen LogP contribution in [0.5, 0.6) is 5.75 Å². The monoisotopic (exact) mass is 296 g/mol. The zero-order chi connectivity index (χ0) is 15.7. The number of fused-ring (bicyclic) bond motifs is 1. The highest BCUT2D eigenvalue weighted by atomic mass is 16.5. The molecule has 1 aromatic carbocycles. The number of benzene rings is 1. The fourth-order valence-corrected chi connectivity index (χ4v) is 2.16. The minimum atomic E-state index is -0.616. The Morgan fingerprint density at radius 1 is 1.23 bits per heavy atom. The molecule has 3 aromatic rings. The van der Waals surface area contributed by atoms with Crippen molar-refractivity contribution in [2.45, 2.75) is 6.92 Å². The predicted octanol–water partition coefficient (Wildman–Crippen LogP) is 1.65. The predicted molar refractivity (Wildman–Crippen MR) is 79.2 cm³/mol. The molecule has 2 aromatic heterocycles. The molecule has 7 nitrogen and oxygen atoms in total. The van der Waals surface area contributed by atoms with Crippen molar-refractivity contribution in [1.82, 2.24) is 15.2 Å². The van der Waals surface area contributed by atoms with Crippen LogP contribution in [0.4, 0.5) is 0 Å². The summed E-state index contributed by atoms with van der Waals surface area (Å²) in [4.78, 5) is 26.4. The van der Waals surface area contributed by atoms with Crippen LogP contribution in [0.25, 0.3) is 22.2 Å². The molecule has 0 radical (unpaired) electrons. The Morgan fingerprint density at radius 2 is 1.95 bits per heavy atom. The molecule has 110 valence electrons. The van der Waals surface area contributed by atoms with Crippen molar-refractivity contribution in [3.05, 3.63) is 42.2 Å². The molecule has 3 rings (SSSR count). The van der Waals surface area contributed by atoms with E-state index in [0.717, 1.165) is 16.5 Å². The van der Waals surface area contributed by atoms with E-state index in [1.54, 1.807) is 36.5 Å². The Labute approximate surface area is 125 Å². The van der Waals surface area contributed by atoms with Gasteiger partial charge in [-0.1, -0.05) is 12.1 Å². The van der Waals surface area contributed by atoms with Crippen LogP contribution in [-0.2, 0) is 4.79 Å². The number of rotatable bonds is 3. The maximum Gasteiger partial charge on any atom is 0.308 e. The lowest BCUT2D eigenvalue weighted by Crippen LogP contribution is -2.13. The van der Waals surface area contributed by atoms with E-state index >= 15 is 0 Å². The Bertz CT molecular complexity index is 868. The average Bonchev–Trinajstić information content (AvgIpc) is 2.94. The summed E-state index contributed by atoms with van der Waals surface area (Å²) in [5, 5.41) is 7.43. The van der Waals surface area contributed by atoms with Gasteiger partial charge in [0.2, 0.25) is 0 Å². The molecule has 3 N–H and O–H groups in total. The molecule has 0 aliphatic carbocycles. The molecule has 0 fully saturated rings. The van der Waals surface area contributed by atoms with E-state index in [2.05, 4.69) is 15.2 Å². The van der Waals surface area contributed by atoms with Crippen LogP contribution < -0.4 is 10.5 Å². The van der Waals surface area contributed by atoms with Gasteiger partial charge in [0.1, 0.15) is 11.4 Å². The molecule has 1 amide bonds. The Hall–Kier alpha value is -3.22. The standard InChI is InChI=1S/C15H12N4O3/c1-8(20)22-10-4-2-9(3-5-10)11-6-13(14(16)21)18-15-12(11)7-17-19-15/h2-7H,1H3,(H2,16,21)(H,17,18,19). The summed E-state index contributed by atoms with van der Waals surface area (Å²) in [6, 6.07) is 8.52. The number of nitrogens with one attached hydrogen (secondary N) is 1. The van der Waals surface area contributed by atoms with Crippen LogP contribution in [0, 0.1) is 0 Å². The number of esters is 1. The minimum Gasteiger partial charge on any atom is -0.427 e. The van der Waals surface area contributed by atoms with Gasteiger partial charge in [0.15, 0.2) is 5.65 Å². The first-order chi connectivity index (χ1) is 10.5. The molecule has 7 heteroatoms. The van der Waals surface area contributed by atoms with Crippen molar-refractivity contribution in [3.63, 3.8) is 0 Å².